The first-order valence-corrected chi connectivity index (χ1v) is 7.00. The minimum atomic E-state index is -0.230. The smallest absolute Gasteiger partial charge is 0.144 e. The van der Waals surface area contributed by atoms with Crippen LogP contribution in [0.5, 0.6) is 0 Å². The molecule has 0 unspecified atom stereocenters. The van der Waals surface area contributed by atoms with Gasteiger partial charge >= 0.3 is 0 Å². The Morgan fingerprint density at radius 1 is 1.56 bits per heavy atom. The number of amidine groups is 1. The summed E-state index contributed by atoms with van der Waals surface area (Å²) >= 11 is 1.66. The lowest BCUT2D eigenvalue weighted by molar-refractivity contribution is 0.304. The Hall–Kier alpha value is -1.14. The van der Waals surface area contributed by atoms with Gasteiger partial charge in [0, 0.05) is 23.0 Å². The second-order valence-electron chi connectivity index (χ2n) is 4.97. The Morgan fingerprint density at radius 2 is 2.33 bits per heavy atom. The van der Waals surface area contributed by atoms with E-state index in [1.165, 1.54) is 4.88 Å². The molecule has 0 aliphatic carbocycles. The lowest BCUT2D eigenvalue weighted by Crippen LogP contribution is -2.32. The van der Waals surface area contributed by atoms with Gasteiger partial charge in [0.25, 0.3) is 0 Å². The number of oxime groups is 1. The summed E-state index contributed by atoms with van der Waals surface area (Å²) in [6.45, 7) is 5.85. The Morgan fingerprint density at radius 3 is 2.94 bits per heavy atom. The van der Waals surface area contributed by atoms with E-state index >= 15 is 0 Å². The molecule has 0 amide bonds. The molecule has 0 radical (unpaired) electrons. The van der Waals surface area contributed by atoms with Crippen LogP contribution in [-0.4, -0.2) is 22.6 Å². The van der Waals surface area contributed by atoms with Gasteiger partial charge in [-0.3, -0.25) is 4.98 Å². The molecular weight excluding hydrogens is 248 g/mol. The molecule has 0 saturated carbocycles. The third-order valence-electron chi connectivity index (χ3n) is 2.99. The number of hydrogen-bond donors (Lipinski definition) is 3. The number of nitrogens with one attached hydrogen (secondary N) is 1. The van der Waals surface area contributed by atoms with Crippen molar-refractivity contribution in [3.8, 4) is 0 Å². The first kappa shape index (κ1) is 14.9. The second kappa shape index (κ2) is 7.33. The van der Waals surface area contributed by atoms with Crippen LogP contribution in [0.15, 0.2) is 16.9 Å². The lowest BCUT2D eigenvalue weighted by Gasteiger charge is -2.22. The van der Waals surface area contributed by atoms with Crippen LogP contribution < -0.4 is 11.1 Å². The molecular formula is C12H22N4OS. The number of thiazole rings is 1. The van der Waals surface area contributed by atoms with Gasteiger partial charge in [-0.25, -0.2) is 0 Å². The highest BCUT2D eigenvalue weighted by atomic mass is 32.1. The molecule has 0 spiro atoms. The Labute approximate surface area is 112 Å². The highest BCUT2D eigenvalue weighted by Gasteiger charge is 2.22. The molecule has 0 aromatic carbocycles. The van der Waals surface area contributed by atoms with E-state index in [2.05, 4.69) is 15.5 Å². The number of aromatic nitrogens is 1. The fourth-order valence-electron chi connectivity index (χ4n) is 1.62. The van der Waals surface area contributed by atoms with Gasteiger partial charge in [-0.05, 0) is 19.4 Å². The minimum absolute atomic E-state index is 0.230. The van der Waals surface area contributed by atoms with Gasteiger partial charge in [-0.15, -0.1) is 11.3 Å². The number of nitrogens with two attached hydrogens (primary N) is 1. The summed E-state index contributed by atoms with van der Waals surface area (Å²) in [5.41, 5.74) is 7.25. The Bertz CT molecular complexity index is 362. The molecule has 4 N–H and O–H groups in total. The van der Waals surface area contributed by atoms with E-state index in [0.29, 0.717) is 5.84 Å². The maximum atomic E-state index is 8.66. The van der Waals surface area contributed by atoms with Crippen LogP contribution in [0.25, 0.3) is 0 Å². The summed E-state index contributed by atoms with van der Waals surface area (Å²) in [5.74, 6) is 0.306. The van der Waals surface area contributed by atoms with Crippen molar-refractivity contribution >= 4 is 17.2 Å². The summed E-state index contributed by atoms with van der Waals surface area (Å²) in [6, 6.07) is 0. The summed E-state index contributed by atoms with van der Waals surface area (Å²) in [7, 11) is 0. The average molecular weight is 270 g/mol. The SMILES string of the molecule is CC(C)(CCCCNCc1cncs1)C(N)=NO. The zero-order chi connectivity index (χ0) is 13.4. The number of hydrogen-bond acceptors (Lipinski definition) is 5. The highest BCUT2D eigenvalue weighted by Crippen LogP contribution is 2.23. The molecule has 1 aromatic rings. The van der Waals surface area contributed by atoms with Crippen molar-refractivity contribution in [2.24, 2.45) is 16.3 Å². The zero-order valence-corrected chi connectivity index (χ0v) is 11.8. The topological polar surface area (TPSA) is 83.5 Å². The van der Waals surface area contributed by atoms with Crippen molar-refractivity contribution in [1.29, 1.82) is 0 Å². The largest absolute Gasteiger partial charge is 0.409 e. The van der Waals surface area contributed by atoms with Crippen LogP contribution >= 0.6 is 11.3 Å². The molecule has 1 rings (SSSR count). The molecule has 0 bridgehead atoms. The van der Waals surface area contributed by atoms with Crippen molar-refractivity contribution < 1.29 is 5.21 Å². The van der Waals surface area contributed by atoms with E-state index in [-0.39, 0.29) is 5.41 Å². The fraction of sp³-hybridized carbons (Fsp3) is 0.667. The predicted octanol–water partition coefficient (Wildman–Crippen LogP) is 2.18. The van der Waals surface area contributed by atoms with Gasteiger partial charge in [-0.1, -0.05) is 25.4 Å². The normalized spacial score (nSPS) is 12.9. The summed E-state index contributed by atoms with van der Waals surface area (Å²) < 4.78 is 0. The van der Waals surface area contributed by atoms with E-state index in [4.69, 9.17) is 10.9 Å². The summed E-state index contributed by atoms with van der Waals surface area (Å²) in [5, 5.41) is 15.1. The van der Waals surface area contributed by atoms with Crippen LogP contribution in [0, 0.1) is 5.41 Å². The molecule has 0 fully saturated rings. The number of nitrogens with zero attached hydrogens (tertiary/aromatic N) is 2. The van der Waals surface area contributed by atoms with Crippen LogP contribution in [-0.2, 0) is 6.54 Å². The first-order valence-electron chi connectivity index (χ1n) is 6.12. The highest BCUT2D eigenvalue weighted by molar-refractivity contribution is 7.09. The molecule has 0 aliphatic heterocycles. The van der Waals surface area contributed by atoms with Crippen LogP contribution in [0.1, 0.15) is 38.0 Å². The van der Waals surface area contributed by atoms with Gasteiger partial charge in [0.1, 0.15) is 5.84 Å². The van der Waals surface area contributed by atoms with Gasteiger partial charge in [0.05, 0.1) is 5.51 Å². The van der Waals surface area contributed by atoms with E-state index < -0.39 is 0 Å². The third kappa shape index (κ3) is 5.01. The number of unbranched alkanes of at least 4 members (excludes halogenated alkanes) is 1. The fourth-order valence-corrected chi connectivity index (χ4v) is 2.19. The van der Waals surface area contributed by atoms with E-state index in [1.54, 1.807) is 11.3 Å². The third-order valence-corrected chi connectivity index (χ3v) is 3.77. The summed E-state index contributed by atoms with van der Waals surface area (Å²) in [6.07, 6.45) is 4.95. The maximum absolute atomic E-state index is 8.66. The lowest BCUT2D eigenvalue weighted by atomic mass is 9.86. The average Bonchev–Trinajstić information content (AvgIpc) is 2.85. The first-order chi connectivity index (χ1) is 8.56. The summed E-state index contributed by atoms with van der Waals surface area (Å²) in [4.78, 5) is 5.28. The van der Waals surface area contributed by atoms with E-state index in [0.717, 1.165) is 32.4 Å². The molecule has 6 heteroatoms. The molecule has 1 aromatic heterocycles. The second-order valence-corrected chi connectivity index (χ2v) is 5.94. The van der Waals surface area contributed by atoms with Gasteiger partial charge in [0.2, 0.25) is 0 Å². The Kier molecular flexibility index (Phi) is 6.07. The van der Waals surface area contributed by atoms with Crippen molar-refractivity contribution in [2.75, 3.05) is 6.54 Å². The van der Waals surface area contributed by atoms with Crippen molar-refractivity contribution in [3.05, 3.63) is 16.6 Å². The molecule has 5 nitrogen and oxygen atoms in total. The molecule has 102 valence electrons. The standard InChI is InChI=1S/C12H22N4OS/c1-12(2,11(13)16-17)5-3-4-6-14-7-10-8-15-9-18-10/h8-9,14,17H,3-7H2,1-2H3,(H2,13,16). The van der Waals surface area contributed by atoms with Crippen LogP contribution in [0.2, 0.25) is 0 Å². The molecule has 1 heterocycles. The van der Waals surface area contributed by atoms with Crippen molar-refractivity contribution in [1.82, 2.24) is 10.3 Å². The number of rotatable bonds is 8. The molecule has 0 aliphatic rings. The van der Waals surface area contributed by atoms with Gasteiger partial charge < -0.3 is 16.3 Å². The maximum Gasteiger partial charge on any atom is 0.144 e. The van der Waals surface area contributed by atoms with Gasteiger partial charge in [-0.2, -0.15) is 0 Å². The monoisotopic (exact) mass is 270 g/mol. The van der Waals surface area contributed by atoms with Gasteiger partial charge in [0.15, 0.2) is 0 Å². The predicted molar refractivity (Wildman–Crippen MR) is 74.9 cm³/mol. The van der Waals surface area contributed by atoms with Crippen molar-refractivity contribution in [2.45, 2.75) is 39.7 Å². The van der Waals surface area contributed by atoms with E-state index in [9.17, 15) is 0 Å². The zero-order valence-electron chi connectivity index (χ0n) is 11.0. The van der Waals surface area contributed by atoms with Crippen LogP contribution in [0.3, 0.4) is 0 Å². The van der Waals surface area contributed by atoms with Crippen LogP contribution in [0.4, 0.5) is 0 Å². The molecule has 18 heavy (non-hydrogen) atoms. The van der Waals surface area contributed by atoms with Crippen molar-refractivity contribution in [3.63, 3.8) is 0 Å². The quantitative estimate of drug-likeness (QED) is 0.222. The molecule has 0 atom stereocenters. The minimum Gasteiger partial charge on any atom is -0.409 e. The van der Waals surface area contributed by atoms with E-state index in [1.807, 2.05) is 25.6 Å². The molecule has 0 saturated heterocycles. The Balaban J connectivity index is 2.08.